The van der Waals surface area contributed by atoms with Crippen molar-refractivity contribution in [1.82, 2.24) is 5.32 Å². The second-order valence-corrected chi connectivity index (χ2v) is 5.20. The van der Waals surface area contributed by atoms with E-state index in [1.807, 2.05) is 24.3 Å². The minimum atomic E-state index is 0.317. The van der Waals surface area contributed by atoms with Crippen molar-refractivity contribution in [3.05, 3.63) is 64.2 Å². The monoisotopic (exact) mass is 273 g/mol. The van der Waals surface area contributed by atoms with Gasteiger partial charge in [-0.05, 0) is 29.3 Å². The largest absolute Gasteiger partial charge is 0.496 e. The molecule has 1 aliphatic heterocycles. The first kappa shape index (κ1) is 12.5. The van der Waals surface area contributed by atoms with Crippen molar-refractivity contribution < 1.29 is 4.74 Å². The molecule has 1 N–H and O–H groups in total. The molecule has 0 aliphatic carbocycles. The third kappa shape index (κ3) is 2.34. The number of fused-ring (bicyclic) bond motifs is 1. The van der Waals surface area contributed by atoms with Crippen LogP contribution in [0.1, 0.15) is 22.6 Å². The van der Waals surface area contributed by atoms with Gasteiger partial charge in [-0.2, -0.15) is 0 Å². The van der Waals surface area contributed by atoms with Gasteiger partial charge in [-0.1, -0.05) is 35.9 Å². The van der Waals surface area contributed by atoms with E-state index in [9.17, 15) is 0 Å². The number of rotatable bonds is 2. The minimum absolute atomic E-state index is 0.317. The molecule has 2 nitrogen and oxygen atoms in total. The summed E-state index contributed by atoms with van der Waals surface area (Å²) in [5, 5.41) is 4.24. The summed E-state index contributed by atoms with van der Waals surface area (Å²) in [4.78, 5) is 0. The van der Waals surface area contributed by atoms with E-state index in [0.717, 1.165) is 23.9 Å². The highest BCUT2D eigenvalue weighted by molar-refractivity contribution is 6.30. The predicted octanol–water partition coefficient (Wildman–Crippen LogP) is 3.58. The number of benzene rings is 2. The molecular formula is C16H16ClNO. The Morgan fingerprint density at radius 2 is 1.95 bits per heavy atom. The zero-order valence-electron chi connectivity index (χ0n) is 10.8. The molecule has 0 saturated carbocycles. The highest BCUT2D eigenvalue weighted by Gasteiger charge is 2.24. The number of hydrogen-bond acceptors (Lipinski definition) is 2. The fraction of sp³-hybridized carbons (Fsp3) is 0.250. The molecule has 0 saturated heterocycles. The van der Waals surface area contributed by atoms with Crippen LogP contribution in [0.25, 0.3) is 0 Å². The third-order valence-electron chi connectivity index (χ3n) is 3.66. The Labute approximate surface area is 118 Å². The molecule has 2 aromatic carbocycles. The van der Waals surface area contributed by atoms with Gasteiger partial charge in [-0.15, -0.1) is 0 Å². The van der Waals surface area contributed by atoms with Crippen molar-refractivity contribution in [2.24, 2.45) is 0 Å². The fourth-order valence-electron chi connectivity index (χ4n) is 2.75. The summed E-state index contributed by atoms with van der Waals surface area (Å²) in [5.74, 6) is 1.29. The van der Waals surface area contributed by atoms with Crippen LogP contribution in [0.3, 0.4) is 0 Å². The molecule has 1 aliphatic rings. The van der Waals surface area contributed by atoms with E-state index in [1.165, 1.54) is 16.7 Å². The van der Waals surface area contributed by atoms with E-state index in [1.54, 1.807) is 7.11 Å². The summed E-state index contributed by atoms with van der Waals surface area (Å²) in [6.07, 6.45) is 0. The quantitative estimate of drug-likeness (QED) is 0.903. The van der Waals surface area contributed by atoms with Crippen LogP contribution >= 0.6 is 11.6 Å². The number of ether oxygens (including phenoxy) is 1. The number of halogens is 1. The van der Waals surface area contributed by atoms with Gasteiger partial charge in [0.25, 0.3) is 0 Å². The van der Waals surface area contributed by atoms with Crippen molar-refractivity contribution >= 4 is 11.6 Å². The molecule has 0 aromatic heterocycles. The molecule has 3 rings (SSSR count). The summed E-state index contributed by atoms with van der Waals surface area (Å²) in [6.45, 7) is 1.83. The van der Waals surface area contributed by atoms with Crippen molar-refractivity contribution in [3.8, 4) is 5.75 Å². The molecule has 2 aromatic rings. The van der Waals surface area contributed by atoms with Gasteiger partial charge in [0.2, 0.25) is 0 Å². The second-order valence-electron chi connectivity index (χ2n) is 4.77. The second kappa shape index (κ2) is 5.24. The van der Waals surface area contributed by atoms with Crippen LogP contribution in [0.2, 0.25) is 5.02 Å². The molecule has 0 amide bonds. The van der Waals surface area contributed by atoms with Gasteiger partial charge in [0.1, 0.15) is 5.75 Å². The standard InChI is InChI=1S/C16H16ClNO/c1-19-15-4-2-3-12-9-18-10-14(16(12)15)11-5-7-13(17)8-6-11/h2-8,14,18H,9-10H2,1H3. The lowest BCUT2D eigenvalue weighted by Crippen LogP contribution is -2.29. The first-order valence-corrected chi connectivity index (χ1v) is 6.79. The topological polar surface area (TPSA) is 21.3 Å². The van der Waals surface area contributed by atoms with Crippen LogP contribution in [0.4, 0.5) is 0 Å². The van der Waals surface area contributed by atoms with Gasteiger partial charge in [-0.3, -0.25) is 0 Å². The van der Waals surface area contributed by atoms with Gasteiger partial charge in [0.05, 0.1) is 7.11 Å². The van der Waals surface area contributed by atoms with Crippen LogP contribution in [0.5, 0.6) is 5.75 Å². The molecule has 1 heterocycles. The summed E-state index contributed by atoms with van der Waals surface area (Å²) in [7, 11) is 1.73. The van der Waals surface area contributed by atoms with Crippen molar-refractivity contribution in [2.45, 2.75) is 12.5 Å². The highest BCUT2D eigenvalue weighted by atomic mass is 35.5. The van der Waals surface area contributed by atoms with Gasteiger partial charge in [0.15, 0.2) is 0 Å². The number of nitrogens with one attached hydrogen (secondary N) is 1. The smallest absolute Gasteiger partial charge is 0.123 e. The van der Waals surface area contributed by atoms with Gasteiger partial charge in [-0.25, -0.2) is 0 Å². The van der Waals surface area contributed by atoms with Crippen LogP contribution in [0.15, 0.2) is 42.5 Å². The van der Waals surface area contributed by atoms with E-state index in [2.05, 4.69) is 23.5 Å². The maximum absolute atomic E-state index is 5.97. The highest BCUT2D eigenvalue weighted by Crippen LogP contribution is 2.36. The van der Waals surface area contributed by atoms with Crippen molar-refractivity contribution in [1.29, 1.82) is 0 Å². The molecule has 1 atom stereocenters. The van der Waals surface area contributed by atoms with Gasteiger partial charge in [0, 0.05) is 29.6 Å². The summed E-state index contributed by atoms with van der Waals surface area (Å²) < 4.78 is 5.53. The summed E-state index contributed by atoms with van der Waals surface area (Å²) >= 11 is 5.97. The maximum atomic E-state index is 5.97. The summed E-state index contributed by atoms with van der Waals surface area (Å²) in [6, 6.07) is 14.3. The van der Waals surface area contributed by atoms with Gasteiger partial charge >= 0.3 is 0 Å². The molecule has 0 bridgehead atoms. The Kier molecular flexibility index (Phi) is 3.45. The molecular weight excluding hydrogens is 258 g/mol. The Balaban J connectivity index is 2.09. The van der Waals surface area contributed by atoms with E-state index >= 15 is 0 Å². The Morgan fingerprint density at radius 1 is 1.16 bits per heavy atom. The van der Waals surface area contributed by atoms with Crippen LogP contribution in [-0.2, 0) is 6.54 Å². The van der Waals surface area contributed by atoms with Crippen LogP contribution in [-0.4, -0.2) is 13.7 Å². The number of hydrogen-bond donors (Lipinski definition) is 1. The van der Waals surface area contributed by atoms with E-state index in [0.29, 0.717) is 5.92 Å². The average molecular weight is 274 g/mol. The lowest BCUT2D eigenvalue weighted by Gasteiger charge is -2.28. The zero-order valence-corrected chi connectivity index (χ0v) is 11.6. The molecule has 0 fully saturated rings. The molecule has 98 valence electrons. The molecule has 0 radical (unpaired) electrons. The molecule has 3 heteroatoms. The fourth-order valence-corrected chi connectivity index (χ4v) is 2.88. The normalized spacial score (nSPS) is 17.9. The average Bonchev–Trinajstić information content (AvgIpc) is 2.47. The first-order valence-electron chi connectivity index (χ1n) is 6.41. The minimum Gasteiger partial charge on any atom is -0.496 e. The predicted molar refractivity (Wildman–Crippen MR) is 78.0 cm³/mol. The molecule has 19 heavy (non-hydrogen) atoms. The SMILES string of the molecule is COc1cccc2c1C(c1ccc(Cl)cc1)CNC2. The van der Waals surface area contributed by atoms with E-state index in [-0.39, 0.29) is 0 Å². The lowest BCUT2D eigenvalue weighted by atomic mass is 9.85. The lowest BCUT2D eigenvalue weighted by molar-refractivity contribution is 0.402. The molecule has 0 spiro atoms. The van der Waals surface area contributed by atoms with Crippen molar-refractivity contribution in [2.75, 3.05) is 13.7 Å². The summed E-state index contributed by atoms with van der Waals surface area (Å²) in [5.41, 5.74) is 3.87. The molecule has 1 unspecified atom stereocenters. The first-order chi connectivity index (χ1) is 9.29. The van der Waals surface area contributed by atoms with Gasteiger partial charge < -0.3 is 10.1 Å². The number of methoxy groups -OCH3 is 1. The van der Waals surface area contributed by atoms with E-state index < -0.39 is 0 Å². The van der Waals surface area contributed by atoms with E-state index in [4.69, 9.17) is 16.3 Å². The van der Waals surface area contributed by atoms with Crippen LogP contribution in [0, 0.1) is 0 Å². The third-order valence-corrected chi connectivity index (χ3v) is 3.91. The Bertz CT molecular complexity index is 566. The zero-order chi connectivity index (χ0) is 13.2. The Morgan fingerprint density at radius 3 is 2.68 bits per heavy atom. The van der Waals surface area contributed by atoms with Crippen molar-refractivity contribution in [3.63, 3.8) is 0 Å². The maximum Gasteiger partial charge on any atom is 0.123 e. The van der Waals surface area contributed by atoms with Crippen LogP contribution < -0.4 is 10.1 Å². The Hall–Kier alpha value is -1.51.